The van der Waals surface area contributed by atoms with Gasteiger partial charge in [0.25, 0.3) is 0 Å². The summed E-state index contributed by atoms with van der Waals surface area (Å²) in [6.45, 7) is 3.05. The Balaban J connectivity index is 2.16. The van der Waals surface area contributed by atoms with Crippen LogP contribution in [0.2, 0.25) is 0 Å². The Bertz CT molecular complexity index is 315. The first-order valence-electron chi connectivity index (χ1n) is 4.53. The van der Waals surface area contributed by atoms with E-state index in [2.05, 4.69) is 10.3 Å². The zero-order valence-electron chi connectivity index (χ0n) is 8.78. The van der Waals surface area contributed by atoms with E-state index in [0.717, 1.165) is 10.0 Å². The summed E-state index contributed by atoms with van der Waals surface area (Å²) in [5, 5.41) is 4.73. The van der Waals surface area contributed by atoms with Crippen molar-refractivity contribution in [1.29, 1.82) is 0 Å². The van der Waals surface area contributed by atoms with Gasteiger partial charge in [-0.1, -0.05) is 11.8 Å². The molecule has 1 aromatic heterocycles. The first-order valence-corrected chi connectivity index (χ1v) is 6.39. The second-order valence-electron chi connectivity index (χ2n) is 2.89. The number of rotatable bonds is 6. The van der Waals surface area contributed by atoms with E-state index in [1.807, 2.05) is 12.3 Å². The van der Waals surface area contributed by atoms with Gasteiger partial charge in [-0.3, -0.25) is 4.79 Å². The van der Waals surface area contributed by atoms with Crippen LogP contribution in [-0.2, 0) is 9.53 Å². The van der Waals surface area contributed by atoms with E-state index >= 15 is 0 Å². The zero-order valence-corrected chi connectivity index (χ0v) is 10.4. The lowest BCUT2D eigenvalue weighted by atomic mass is 10.6. The minimum Gasteiger partial charge on any atom is -0.383 e. The maximum Gasteiger partial charge on any atom is 0.230 e. The van der Waals surface area contributed by atoms with Gasteiger partial charge in [0, 0.05) is 24.7 Å². The van der Waals surface area contributed by atoms with Gasteiger partial charge in [-0.25, -0.2) is 4.98 Å². The van der Waals surface area contributed by atoms with Gasteiger partial charge < -0.3 is 10.1 Å². The molecule has 0 aliphatic rings. The first-order chi connectivity index (χ1) is 7.22. The Morgan fingerprint density at radius 3 is 3.13 bits per heavy atom. The molecule has 1 N–H and O–H groups in total. The third kappa shape index (κ3) is 5.15. The van der Waals surface area contributed by atoms with Crippen LogP contribution < -0.4 is 5.32 Å². The molecule has 0 aromatic carbocycles. The third-order valence-electron chi connectivity index (χ3n) is 1.55. The van der Waals surface area contributed by atoms with E-state index in [1.54, 1.807) is 18.4 Å². The molecular formula is C9H14N2O2S2. The molecule has 0 aliphatic heterocycles. The van der Waals surface area contributed by atoms with Crippen LogP contribution in [0.4, 0.5) is 0 Å². The number of carbonyl (C=O) groups is 1. The number of thiazole rings is 1. The molecule has 0 aliphatic carbocycles. The Hall–Kier alpha value is -0.590. The van der Waals surface area contributed by atoms with Gasteiger partial charge in [-0.05, 0) is 6.92 Å². The smallest absolute Gasteiger partial charge is 0.230 e. The van der Waals surface area contributed by atoms with Gasteiger partial charge >= 0.3 is 0 Å². The number of aromatic nitrogens is 1. The molecule has 0 bridgehead atoms. The quantitative estimate of drug-likeness (QED) is 0.607. The number of aryl methyl sites for hydroxylation is 1. The van der Waals surface area contributed by atoms with Crippen LogP contribution >= 0.6 is 23.1 Å². The SMILES string of the molecule is COCCNC(=O)CSc1nc(C)cs1. The van der Waals surface area contributed by atoms with Crippen molar-refractivity contribution in [3.8, 4) is 0 Å². The van der Waals surface area contributed by atoms with Crippen molar-refractivity contribution in [3.05, 3.63) is 11.1 Å². The molecule has 1 heterocycles. The molecule has 0 radical (unpaired) electrons. The minimum atomic E-state index is 0.0184. The average Bonchev–Trinajstić information content (AvgIpc) is 2.62. The van der Waals surface area contributed by atoms with E-state index in [9.17, 15) is 4.79 Å². The molecule has 0 saturated heterocycles. The molecule has 0 unspecified atom stereocenters. The lowest BCUT2D eigenvalue weighted by Crippen LogP contribution is -2.28. The average molecular weight is 246 g/mol. The van der Waals surface area contributed by atoms with Crippen molar-refractivity contribution in [2.45, 2.75) is 11.3 Å². The molecule has 84 valence electrons. The van der Waals surface area contributed by atoms with Crippen LogP contribution in [0.1, 0.15) is 5.69 Å². The molecule has 0 spiro atoms. The van der Waals surface area contributed by atoms with Crippen LogP contribution in [0, 0.1) is 6.92 Å². The molecule has 1 rings (SSSR count). The number of carbonyl (C=O) groups excluding carboxylic acids is 1. The highest BCUT2D eigenvalue weighted by Crippen LogP contribution is 2.21. The van der Waals surface area contributed by atoms with Crippen molar-refractivity contribution in [2.75, 3.05) is 26.0 Å². The number of methoxy groups -OCH3 is 1. The number of thioether (sulfide) groups is 1. The lowest BCUT2D eigenvalue weighted by Gasteiger charge is -2.02. The van der Waals surface area contributed by atoms with Crippen LogP contribution in [0.3, 0.4) is 0 Å². The molecule has 6 heteroatoms. The third-order valence-corrected chi connectivity index (χ3v) is 3.69. The van der Waals surface area contributed by atoms with Crippen molar-refractivity contribution >= 4 is 29.0 Å². The number of ether oxygens (including phenoxy) is 1. The summed E-state index contributed by atoms with van der Waals surface area (Å²) < 4.78 is 5.77. The topological polar surface area (TPSA) is 51.2 Å². The van der Waals surface area contributed by atoms with Gasteiger partial charge in [0.15, 0.2) is 4.34 Å². The Labute approximate surface area is 97.4 Å². The minimum absolute atomic E-state index is 0.0184. The molecule has 0 fully saturated rings. The highest BCUT2D eigenvalue weighted by molar-refractivity contribution is 8.01. The largest absolute Gasteiger partial charge is 0.383 e. The maximum absolute atomic E-state index is 11.3. The molecule has 15 heavy (non-hydrogen) atoms. The second-order valence-corrected chi connectivity index (χ2v) is 4.97. The summed E-state index contributed by atoms with van der Waals surface area (Å²) in [5.74, 6) is 0.432. The van der Waals surface area contributed by atoms with E-state index in [4.69, 9.17) is 4.74 Å². The van der Waals surface area contributed by atoms with Crippen LogP contribution in [0.5, 0.6) is 0 Å². The Morgan fingerprint density at radius 2 is 2.53 bits per heavy atom. The molecule has 0 atom stereocenters. The first kappa shape index (κ1) is 12.5. The molecule has 1 amide bonds. The van der Waals surface area contributed by atoms with Crippen molar-refractivity contribution in [1.82, 2.24) is 10.3 Å². The van der Waals surface area contributed by atoms with Crippen molar-refractivity contribution in [2.24, 2.45) is 0 Å². The van der Waals surface area contributed by atoms with Gasteiger partial charge in [-0.2, -0.15) is 0 Å². The summed E-state index contributed by atoms with van der Waals surface area (Å²) in [7, 11) is 1.61. The van der Waals surface area contributed by atoms with E-state index in [-0.39, 0.29) is 5.91 Å². The number of hydrogen-bond acceptors (Lipinski definition) is 5. The maximum atomic E-state index is 11.3. The summed E-state index contributed by atoms with van der Waals surface area (Å²) >= 11 is 3.03. The number of amides is 1. The van der Waals surface area contributed by atoms with Crippen LogP contribution in [0.15, 0.2) is 9.72 Å². The highest BCUT2D eigenvalue weighted by atomic mass is 32.2. The van der Waals surface area contributed by atoms with E-state index < -0.39 is 0 Å². The van der Waals surface area contributed by atoms with Gasteiger partial charge in [0.1, 0.15) is 0 Å². The molecule has 4 nitrogen and oxygen atoms in total. The molecular weight excluding hydrogens is 232 g/mol. The highest BCUT2D eigenvalue weighted by Gasteiger charge is 2.04. The standard InChI is InChI=1S/C9H14N2O2S2/c1-7-5-14-9(11-7)15-6-8(12)10-3-4-13-2/h5H,3-4,6H2,1-2H3,(H,10,12). The van der Waals surface area contributed by atoms with Crippen molar-refractivity contribution < 1.29 is 9.53 Å². The summed E-state index contributed by atoms with van der Waals surface area (Å²) in [6, 6.07) is 0. The van der Waals surface area contributed by atoms with Gasteiger partial charge in [-0.15, -0.1) is 11.3 Å². The number of hydrogen-bond donors (Lipinski definition) is 1. The fourth-order valence-corrected chi connectivity index (χ4v) is 2.55. The lowest BCUT2D eigenvalue weighted by molar-refractivity contribution is -0.118. The normalized spacial score (nSPS) is 10.3. The predicted octanol–water partition coefficient (Wildman–Crippen LogP) is 1.31. The summed E-state index contributed by atoms with van der Waals surface area (Å²) in [4.78, 5) is 15.5. The number of nitrogens with one attached hydrogen (secondary N) is 1. The Kier molecular flexibility index (Phi) is 5.67. The molecule has 0 saturated carbocycles. The fourth-order valence-electron chi connectivity index (χ4n) is 0.870. The second kappa shape index (κ2) is 6.81. The number of nitrogens with zero attached hydrogens (tertiary/aromatic N) is 1. The zero-order chi connectivity index (χ0) is 11.1. The fraction of sp³-hybridized carbons (Fsp3) is 0.556. The van der Waals surface area contributed by atoms with Gasteiger partial charge in [0.2, 0.25) is 5.91 Å². The Morgan fingerprint density at radius 1 is 1.73 bits per heavy atom. The molecule has 1 aromatic rings. The summed E-state index contributed by atoms with van der Waals surface area (Å²) in [5.41, 5.74) is 1.00. The van der Waals surface area contributed by atoms with Crippen LogP contribution in [0.25, 0.3) is 0 Å². The van der Waals surface area contributed by atoms with Crippen LogP contribution in [-0.4, -0.2) is 36.9 Å². The van der Waals surface area contributed by atoms with Gasteiger partial charge in [0.05, 0.1) is 12.4 Å². The predicted molar refractivity (Wildman–Crippen MR) is 62.5 cm³/mol. The summed E-state index contributed by atoms with van der Waals surface area (Å²) in [6.07, 6.45) is 0. The van der Waals surface area contributed by atoms with Crippen molar-refractivity contribution in [3.63, 3.8) is 0 Å². The van der Waals surface area contributed by atoms with E-state index in [1.165, 1.54) is 11.8 Å². The monoisotopic (exact) mass is 246 g/mol. The van der Waals surface area contributed by atoms with E-state index in [0.29, 0.717) is 18.9 Å².